The number of carbonyl (C=O) groups is 1. The predicted octanol–water partition coefficient (Wildman–Crippen LogP) is 2.62. The quantitative estimate of drug-likeness (QED) is 0.677. The van der Waals surface area contributed by atoms with Crippen molar-refractivity contribution in [1.29, 1.82) is 0 Å². The first-order chi connectivity index (χ1) is 6.75. The molecule has 0 saturated carbocycles. The fourth-order valence-electron chi connectivity index (χ4n) is 1.62. The number of allylic oxidation sites excluding steroid dienone is 2. The normalized spacial score (nSPS) is 21.4. The predicted molar refractivity (Wildman–Crippen MR) is 53.6 cm³/mol. The third-order valence-electron chi connectivity index (χ3n) is 2.25. The van der Waals surface area contributed by atoms with E-state index in [2.05, 4.69) is 0 Å². The van der Waals surface area contributed by atoms with E-state index in [1.807, 2.05) is 37.3 Å². The summed E-state index contributed by atoms with van der Waals surface area (Å²) in [5.41, 5.74) is 1.06. The molecule has 0 radical (unpaired) electrons. The largest absolute Gasteiger partial charge is 0.490 e. The van der Waals surface area contributed by atoms with Crippen LogP contribution in [0.15, 0.2) is 42.2 Å². The van der Waals surface area contributed by atoms with Crippen molar-refractivity contribution in [3.63, 3.8) is 0 Å². The minimum atomic E-state index is -0.103. The molecule has 1 heterocycles. The SMILES string of the molecule is CC1=CC(=O)C[C@@H](c2ccccc2)O1. The van der Waals surface area contributed by atoms with Gasteiger partial charge in [0, 0.05) is 6.08 Å². The van der Waals surface area contributed by atoms with Gasteiger partial charge < -0.3 is 4.74 Å². The number of carbonyl (C=O) groups excluding carboxylic acids is 1. The monoisotopic (exact) mass is 188 g/mol. The number of ketones is 1. The first-order valence-electron chi connectivity index (χ1n) is 4.68. The van der Waals surface area contributed by atoms with Crippen LogP contribution >= 0.6 is 0 Å². The summed E-state index contributed by atoms with van der Waals surface area (Å²) in [6.45, 7) is 1.81. The van der Waals surface area contributed by atoms with E-state index in [1.54, 1.807) is 6.08 Å². The Kier molecular flexibility index (Phi) is 2.35. The average Bonchev–Trinajstić information content (AvgIpc) is 2.18. The first kappa shape index (κ1) is 9.00. The number of benzene rings is 1. The molecule has 1 aromatic carbocycles. The molecule has 0 N–H and O–H groups in total. The van der Waals surface area contributed by atoms with E-state index in [0.29, 0.717) is 12.2 Å². The molecule has 0 saturated heterocycles. The van der Waals surface area contributed by atoms with Crippen molar-refractivity contribution in [3.05, 3.63) is 47.7 Å². The van der Waals surface area contributed by atoms with Crippen LogP contribution in [0.3, 0.4) is 0 Å². The molecule has 0 aliphatic carbocycles. The molecule has 1 aromatic rings. The van der Waals surface area contributed by atoms with Gasteiger partial charge in [-0.3, -0.25) is 4.79 Å². The summed E-state index contributed by atoms with van der Waals surface area (Å²) in [7, 11) is 0. The third kappa shape index (κ3) is 1.84. The number of hydrogen-bond donors (Lipinski definition) is 0. The van der Waals surface area contributed by atoms with Crippen LogP contribution in [-0.4, -0.2) is 5.78 Å². The molecular formula is C12H12O2. The summed E-state index contributed by atoms with van der Waals surface area (Å²) < 4.78 is 5.58. The van der Waals surface area contributed by atoms with E-state index in [9.17, 15) is 4.79 Å². The van der Waals surface area contributed by atoms with E-state index >= 15 is 0 Å². The highest BCUT2D eigenvalue weighted by Gasteiger charge is 2.20. The van der Waals surface area contributed by atoms with Crippen molar-refractivity contribution in [1.82, 2.24) is 0 Å². The minimum Gasteiger partial charge on any atom is -0.490 e. The van der Waals surface area contributed by atoms with Crippen molar-refractivity contribution < 1.29 is 9.53 Å². The van der Waals surface area contributed by atoms with E-state index < -0.39 is 0 Å². The first-order valence-corrected chi connectivity index (χ1v) is 4.68. The lowest BCUT2D eigenvalue weighted by atomic mass is 10.0. The van der Waals surface area contributed by atoms with Crippen LogP contribution in [0.1, 0.15) is 25.0 Å². The summed E-state index contributed by atoms with van der Waals surface area (Å²) in [5.74, 6) is 0.845. The van der Waals surface area contributed by atoms with Crippen molar-refractivity contribution >= 4 is 5.78 Å². The van der Waals surface area contributed by atoms with Gasteiger partial charge in [-0.05, 0) is 12.5 Å². The van der Waals surface area contributed by atoms with Gasteiger partial charge in [0.1, 0.15) is 6.10 Å². The topological polar surface area (TPSA) is 26.3 Å². The number of rotatable bonds is 1. The zero-order chi connectivity index (χ0) is 9.97. The molecule has 0 unspecified atom stereocenters. The van der Waals surface area contributed by atoms with Crippen molar-refractivity contribution in [2.45, 2.75) is 19.4 Å². The van der Waals surface area contributed by atoms with Crippen molar-refractivity contribution in [2.75, 3.05) is 0 Å². The Hall–Kier alpha value is -1.57. The van der Waals surface area contributed by atoms with Crippen LogP contribution in [0, 0.1) is 0 Å². The van der Waals surface area contributed by atoms with Crippen LogP contribution in [0.4, 0.5) is 0 Å². The van der Waals surface area contributed by atoms with E-state index in [4.69, 9.17) is 4.74 Å². The molecule has 2 nitrogen and oxygen atoms in total. The second kappa shape index (κ2) is 3.66. The Morgan fingerprint density at radius 2 is 2.00 bits per heavy atom. The molecule has 0 spiro atoms. The van der Waals surface area contributed by atoms with E-state index in [1.165, 1.54) is 0 Å². The van der Waals surface area contributed by atoms with Crippen LogP contribution in [0.25, 0.3) is 0 Å². The van der Waals surface area contributed by atoms with Crippen LogP contribution in [0.2, 0.25) is 0 Å². The highest BCUT2D eigenvalue weighted by Crippen LogP contribution is 2.27. The molecule has 0 aromatic heterocycles. The van der Waals surface area contributed by atoms with Crippen LogP contribution < -0.4 is 0 Å². The fourth-order valence-corrected chi connectivity index (χ4v) is 1.62. The molecule has 0 amide bonds. The van der Waals surface area contributed by atoms with Gasteiger partial charge in [0.25, 0.3) is 0 Å². The van der Waals surface area contributed by atoms with Gasteiger partial charge in [0.2, 0.25) is 0 Å². The Morgan fingerprint density at radius 1 is 1.29 bits per heavy atom. The maximum atomic E-state index is 11.3. The molecule has 0 fully saturated rings. The van der Waals surface area contributed by atoms with Gasteiger partial charge >= 0.3 is 0 Å². The summed E-state index contributed by atoms with van der Waals surface area (Å²) in [6.07, 6.45) is 1.90. The standard InChI is InChI=1S/C12H12O2/c1-9-7-11(13)8-12(14-9)10-5-3-2-4-6-10/h2-7,12H,8H2,1H3/t12-/m0/s1. The maximum Gasteiger partial charge on any atom is 0.163 e. The Morgan fingerprint density at radius 3 is 2.64 bits per heavy atom. The molecule has 72 valence electrons. The van der Waals surface area contributed by atoms with Gasteiger partial charge in [-0.15, -0.1) is 0 Å². The minimum absolute atomic E-state index is 0.103. The zero-order valence-corrected chi connectivity index (χ0v) is 8.07. The van der Waals surface area contributed by atoms with Gasteiger partial charge in [-0.25, -0.2) is 0 Å². The highest BCUT2D eigenvalue weighted by molar-refractivity contribution is 5.91. The van der Waals surface area contributed by atoms with Gasteiger partial charge in [0.15, 0.2) is 5.78 Å². The van der Waals surface area contributed by atoms with Gasteiger partial charge in [-0.1, -0.05) is 30.3 Å². The number of hydrogen-bond acceptors (Lipinski definition) is 2. The van der Waals surface area contributed by atoms with Crippen LogP contribution in [-0.2, 0) is 9.53 Å². The molecule has 1 atom stereocenters. The van der Waals surface area contributed by atoms with Crippen LogP contribution in [0.5, 0.6) is 0 Å². The lowest BCUT2D eigenvalue weighted by Gasteiger charge is -2.22. The Bertz CT molecular complexity index is 365. The molecule has 14 heavy (non-hydrogen) atoms. The van der Waals surface area contributed by atoms with E-state index in [0.717, 1.165) is 5.56 Å². The van der Waals surface area contributed by atoms with Gasteiger partial charge in [0.05, 0.1) is 12.2 Å². The molecule has 1 aliphatic heterocycles. The third-order valence-corrected chi connectivity index (χ3v) is 2.25. The maximum absolute atomic E-state index is 11.3. The molecule has 1 aliphatic rings. The molecule has 2 rings (SSSR count). The number of ether oxygens (including phenoxy) is 1. The van der Waals surface area contributed by atoms with E-state index in [-0.39, 0.29) is 11.9 Å². The van der Waals surface area contributed by atoms with Gasteiger partial charge in [-0.2, -0.15) is 0 Å². The van der Waals surface area contributed by atoms with Crippen molar-refractivity contribution in [3.8, 4) is 0 Å². The second-order valence-corrected chi connectivity index (χ2v) is 3.44. The Labute approximate surface area is 83.2 Å². The lowest BCUT2D eigenvalue weighted by molar-refractivity contribution is -0.118. The Balaban J connectivity index is 2.22. The fraction of sp³-hybridized carbons (Fsp3) is 0.250. The second-order valence-electron chi connectivity index (χ2n) is 3.44. The highest BCUT2D eigenvalue weighted by atomic mass is 16.5. The smallest absolute Gasteiger partial charge is 0.163 e. The average molecular weight is 188 g/mol. The summed E-state index contributed by atoms with van der Waals surface area (Å²) in [4.78, 5) is 11.3. The lowest BCUT2D eigenvalue weighted by Crippen LogP contribution is -2.14. The summed E-state index contributed by atoms with van der Waals surface area (Å²) >= 11 is 0. The molecule has 0 bridgehead atoms. The summed E-state index contributed by atoms with van der Waals surface area (Å²) in [5, 5.41) is 0. The summed E-state index contributed by atoms with van der Waals surface area (Å²) in [6, 6.07) is 9.83. The van der Waals surface area contributed by atoms with Crippen molar-refractivity contribution in [2.24, 2.45) is 0 Å². The zero-order valence-electron chi connectivity index (χ0n) is 8.07. The molecule has 2 heteroatoms. The molecular weight excluding hydrogens is 176 g/mol.